The first-order chi connectivity index (χ1) is 10.8. The number of rotatable bonds is 6. The van der Waals surface area contributed by atoms with Gasteiger partial charge in [-0.25, -0.2) is 0 Å². The van der Waals surface area contributed by atoms with Gasteiger partial charge in [-0.05, 0) is 46.5 Å². The van der Waals surface area contributed by atoms with E-state index in [4.69, 9.17) is 4.42 Å². The fourth-order valence-corrected chi connectivity index (χ4v) is 3.05. The van der Waals surface area contributed by atoms with Crippen LogP contribution in [0.5, 0.6) is 0 Å². The molecular formula is C18H17NO2S. The van der Waals surface area contributed by atoms with Gasteiger partial charge in [0.2, 0.25) is 5.91 Å². The molecule has 0 aliphatic rings. The molecule has 0 spiro atoms. The summed E-state index contributed by atoms with van der Waals surface area (Å²) >= 11 is 1.65. The number of benzene rings is 1. The highest BCUT2D eigenvalue weighted by atomic mass is 32.1. The molecule has 1 aromatic carbocycles. The Morgan fingerprint density at radius 2 is 2.00 bits per heavy atom. The molecule has 112 valence electrons. The van der Waals surface area contributed by atoms with Crippen molar-refractivity contribution < 1.29 is 9.21 Å². The van der Waals surface area contributed by atoms with Crippen LogP contribution in [0.4, 0.5) is 0 Å². The lowest BCUT2D eigenvalue weighted by Crippen LogP contribution is -2.29. The van der Waals surface area contributed by atoms with Crippen molar-refractivity contribution in [2.45, 2.75) is 18.9 Å². The smallest absolute Gasteiger partial charge is 0.221 e. The zero-order valence-corrected chi connectivity index (χ0v) is 12.9. The van der Waals surface area contributed by atoms with Gasteiger partial charge in [0.25, 0.3) is 0 Å². The van der Waals surface area contributed by atoms with Gasteiger partial charge in [-0.1, -0.05) is 30.3 Å². The van der Waals surface area contributed by atoms with E-state index in [1.807, 2.05) is 47.8 Å². The van der Waals surface area contributed by atoms with E-state index in [0.717, 1.165) is 17.7 Å². The molecule has 22 heavy (non-hydrogen) atoms. The molecule has 0 radical (unpaired) electrons. The molecule has 1 atom stereocenters. The summed E-state index contributed by atoms with van der Waals surface area (Å²) in [5, 5.41) is 7.18. The first kappa shape index (κ1) is 14.6. The molecule has 0 saturated heterocycles. The van der Waals surface area contributed by atoms with Crippen LogP contribution in [0.15, 0.2) is 70.0 Å². The summed E-state index contributed by atoms with van der Waals surface area (Å²) in [4.78, 5) is 12.3. The molecule has 1 amide bonds. The van der Waals surface area contributed by atoms with Crippen LogP contribution in [-0.4, -0.2) is 5.91 Å². The Morgan fingerprint density at radius 1 is 1.14 bits per heavy atom. The Morgan fingerprint density at radius 3 is 2.68 bits per heavy atom. The molecule has 4 heteroatoms. The zero-order valence-electron chi connectivity index (χ0n) is 12.1. The third-order valence-corrected chi connectivity index (χ3v) is 4.22. The summed E-state index contributed by atoms with van der Waals surface area (Å²) in [6, 6.07) is 15.4. The predicted octanol–water partition coefficient (Wildman–Crippen LogP) is 4.18. The molecule has 2 aromatic heterocycles. The topological polar surface area (TPSA) is 42.2 Å². The molecular weight excluding hydrogens is 294 g/mol. The van der Waals surface area contributed by atoms with E-state index < -0.39 is 0 Å². The fourth-order valence-electron chi connectivity index (χ4n) is 2.35. The van der Waals surface area contributed by atoms with Gasteiger partial charge in [-0.15, -0.1) is 0 Å². The highest BCUT2D eigenvalue weighted by Crippen LogP contribution is 2.22. The summed E-state index contributed by atoms with van der Waals surface area (Å²) in [6.07, 6.45) is 2.86. The lowest BCUT2D eigenvalue weighted by molar-refractivity contribution is -0.121. The summed E-state index contributed by atoms with van der Waals surface area (Å²) in [6.45, 7) is 0. The van der Waals surface area contributed by atoms with Crippen LogP contribution >= 0.6 is 11.3 Å². The van der Waals surface area contributed by atoms with E-state index in [1.165, 1.54) is 5.56 Å². The van der Waals surface area contributed by atoms with Crippen LogP contribution < -0.4 is 5.32 Å². The Kier molecular flexibility index (Phi) is 4.71. The summed E-state index contributed by atoms with van der Waals surface area (Å²) in [7, 11) is 0. The third-order valence-electron chi connectivity index (χ3n) is 3.49. The van der Waals surface area contributed by atoms with Crippen molar-refractivity contribution in [1.82, 2.24) is 5.32 Å². The van der Waals surface area contributed by atoms with Crippen molar-refractivity contribution in [3.8, 4) is 0 Å². The van der Waals surface area contributed by atoms with E-state index in [1.54, 1.807) is 17.6 Å². The highest BCUT2D eigenvalue weighted by molar-refractivity contribution is 7.07. The number of aryl methyl sites for hydroxylation is 1. The summed E-state index contributed by atoms with van der Waals surface area (Å²) in [5.41, 5.74) is 2.22. The Balaban J connectivity index is 1.69. The van der Waals surface area contributed by atoms with Gasteiger partial charge < -0.3 is 9.73 Å². The van der Waals surface area contributed by atoms with E-state index in [-0.39, 0.29) is 11.9 Å². The third kappa shape index (κ3) is 3.65. The highest BCUT2D eigenvalue weighted by Gasteiger charge is 2.18. The normalized spacial score (nSPS) is 12.0. The lowest BCUT2D eigenvalue weighted by Gasteiger charge is -2.17. The van der Waals surface area contributed by atoms with Gasteiger partial charge in [0.1, 0.15) is 11.8 Å². The maximum absolute atomic E-state index is 12.3. The van der Waals surface area contributed by atoms with E-state index in [0.29, 0.717) is 6.42 Å². The second-order valence-corrected chi connectivity index (χ2v) is 5.84. The second-order valence-electron chi connectivity index (χ2n) is 5.06. The second kappa shape index (κ2) is 7.09. The van der Waals surface area contributed by atoms with Crippen molar-refractivity contribution in [3.63, 3.8) is 0 Å². The minimum atomic E-state index is -0.244. The van der Waals surface area contributed by atoms with Crippen molar-refractivity contribution >= 4 is 17.2 Å². The molecule has 2 heterocycles. The molecule has 0 saturated carbocycles. The molecule has 3 aromatic rings. The number of hydrogen-bond donors (Lipinski definition) is 1. The van der Waals surface area contributed by atoms with E-state index >= 15 is 0 Å². The predicted molar refractivity (Wildman–Crippen MR) is 87.8 cm³/mol. The lowest BCUT2D eigenvalue weighted by atomic mass is 10.0. The van der Waals surface area contributed by atoms with Crippen LogP contribution in [0.2, 0.25) is 0 Å². The van der Waals surface area contributed by atoms with Crippen molar-refractivity contribution in [2.24, 2.45) is 0 Å². The van der Waals surface area contributed by atoms with Crippen LogP contribution in [0.3, 0.4) is 0 Å². The molecule has 1 N–H and O–H groups in total. The summed E-state index contributed by atoms with van der Waals surface area (Å²) < 4.78 is 5.49. The zero-order chi connectivity index (χ0) is 15.2. The van der Waals surface area contributed by atoms with Crippen LogP contribution in [0.1, 0.15) is 29.3 Å². The average molecular weight is 311 g/mol. The maximum Gasteiger partial charge on any atom is 0.221 e. The summed E-state index contributed by atoms with van der Waals surface area (Å²) in [5.74, 6) is 0.770. The molecule has 1 unspecified atom stereocenters. The number of carbonyl (C=O) groups is 1. The number of nitrogens with one attached hydrogen (secondary N) is 1. The van der Waals surface area contributed by atoms with Gasteiger partial charge in [0, 0.05) is 6.42 Å². The van der Waals surface area contributed by atoms with Crippen molar-refractivity contribution in [1.29, 1.82) is 0 Å². The first-order valence-corrected chi connectivity index (χ1v) is 8.16. The maximum atomic E-state index is 12.3. The minimum absolute atomic E-state index is 0.0245. The van der Waals surface area contributed by atoms with Crippen molar-refractivity contribution in [2.75, 3.05) is 0 Å². The van der Waals surface area contributed by atoms with Gasteiger partial charge in [0.15, 0.2) is 0 Å². The van der Waals surface area contributed by atoms with Crippen LogP contribution in [0, 0.1) is 0 Å². The van der Waals surface area contributed by atoms with Gasteiger partial charge in [0.05, 0.1) is 6.26 Å². The average Bonchev–Trinajstić information content (AvgIpc) is 3.25. The Hall–Kier alpha value is -2.33. The Labute approximate surface area is 133 Å². The fraction of sp³-hybridized carbons (Fsp3) is 0.167. The van der Waals surface area contributed by atoms with Gasteiger partial charge >= 0.3 is 0 Å². The SMILES string of the molecule is O=C(CCc1ccsc1)NC(c1ccccc1)c1ccco1. The standard InChI is InChI=1S/C18H17NO2S/c20-17(9-8-14-10-12-22-13-14)19-18(16-7-4-11-21-16)15-5-2-1-3-6-15/h1-7,10-13,18H,8-9H2,(H,19,20). The Bertz CT molecular complexity index is 690. The number of hydrogen-bond acceptors (Lipinski definition) is 3. The van der Waals surface area contributed by atoms with E-state index in [2.05, 4.69) is 16.8 Å². The first-order valence-electron chi connectivity index (χ1n) is 7.22. The van der Waals surface area contributed by atoms with Crippen LogP contribution in [-0.2, 0) is 11.2 Å². The molecule has 3 rings (SSSR count). The molecule has 0 aliphatic heterocycles. The number of carbonyl (C=O) groups excluding carboxylic acids is 1. The van der Waals surface area contributed by atoms with Crippen molar-refractivity contribution in [3.05, 3.63) is 82.4 Å². The molecule has 3 nitrogen and oxygen atoms in total. The monoisotopic (exact) mass is 311 g/mol. The van der Waals surface area contributed by atoms with Gasteiger partial charge in [-0.3, -0.25) is 4.79 Å². The molecule has 0 fully saturated rings. The van der Waals surface area contributed by atoms with Gasteiger partial charge in [-0.2, -0.15) is 11.3 Å². The van der Waals surface area contributed by atoms with Crippen LogP contribution in [0.25, 0.3) is 0 Å². The minimum Gasteiger partial charge on any atom is -0.467 e. The van der Waals surface area contributed by atoms with E-state index in [9.17, 15) is 4.79 Å². The largest absolute Gasteiger partial charge is 0.467 e. The number of furan rings is 1. The number of thiophene rings is 1. The quantitative estimate of drug-likeness (QED) is 0.742. The molecule has 0 aliphatic carbocycles. The number of amides is 1. The molecule has 0 bridgehead atoms.